The van der Waals surface area contributed by atoms with E-state index in [1.807, 2.05) is 45.6 Å². The van der Waals surface area contributed by atoms with Crippen molar-refractivity contribution in [1.82, 2.24) is 19.9 Å². The van der Waals surface area contributed by atoms with Gasteiger partial charge in [0.15, 0.2) is 17.0 Å². The number of fused-ring (bicyclic) bond motifs is 1. The normalized spacial score (nSPS) is 15.5. The second-order valence-corrected chi connectivity index (χ2v) is 11.9. The Labute approximate surface area is 235 Å². The first-order valence-electron chi connectivity index (χ1n) is 12.8. The number of nitrogens with zero attached hydrogens (tertiary/aromatic N) is 5. The zero-order valence-electron chi connectivity index (χ0n) is 22.8. The summed E-state index contributed by atoms with van der Waals surface area (Å²) in [4.78, 5) is 41.5. The number of anilines is 1. The summed E-state index contributed by atoms with van der Waals surface area (Å²) in [5, 5.41) is 9.12. The van der Waals surface area contributed by atoms with Crippen molar-refractivity contribution in [1.29, 1.82) is 0 Å². The Hall–Kier alpha value is -4.05. The molecule has 0 aliphatic carbocycles. The molecule has 4 aromatic rings. The number of rotatable bonds is 4. The van der Waals surface area contributed by atoms with E-state index < -0.39 is 17.3 Å². The van der Waals surface area contributed by atoms with Crippen LogP contribution in [0.1, 0.15) is 61.2 Å². The number of halogens is 2. The van der Waals surface area contributed by atoms with Crippen LogP contribution in [0.25, 0.3) is 22.4 Å². The monoisotopic (exact) mass is 565 g/mol. The minimum Gasteiger partial charge on any atom is -0.476 e. The third-order valence-corrected chi connectivity index (χ3v) is 7.35. The lowest BCUT2D eigenvalue weighted by Gasteiger charge is -2.47. The predicted octanol–water partition coefficient (Wildman–Crippen LogP) is 5.81. The van der Waals surface area contributed by atoms with Gasteiger partial charge in [-0.3, -0.25) is 4.79 Å². The topological polar surface area (TPSA) is 113 Å². The third-order valence-electron chi connectivity index (χ3n) is 7.04. The Kier molecular flexibility index (Phi) is 6.78. The second kappa shape index (κ2) is 9.85. The van der Waals surface area contributed by atoms with Gasteiger partial charge in [0.1, 0.15) is 17.2 Å². The Morgan fingerprint density at radius 3 is 2.45 bits per heavy atom. The number of carboxylic acids is 1. The van der Waals surface area contributed by atoms with Crippen LogP contribution in [-0.2, 0) is 5.41 Å². The predicted molar refractivity (Wildman–Crippen MR) is 149 cm³/mol. The fourth-order valence-corrected chi connectivity index (χ4v) is 5.06. The lowest BCUT2D eigenvalue weighted by molar-refractivity contribution is 0.0483. The quantitative estimate of drug-likeness (QED) is 0.330. The Bertz CT molecular complexity index is 1630. The van der Waals surface area contributed by atoms with Crippen LogP contribution >= 0.6 is 11.6 Å². The van der Waals surface area contributed by atoms with E-state index in [2.05, 4.69) is 9.97 Å². The molecule has 1 aliphatic heterocycles. The molecule has 0 radical (unpaired) electrons. The first kappa shape index (κ1) is 27.5. The molecule has 0 unspecified atom stereocenters. The van der Waals surface area contributed by atoms with Crippen LogP contribution in [-0.4, -0.2) is 62.0 Å². The van der Waals surface area contributed by atoms with E-state index in [1.165, 1.54) is 24.5 Å². The van der Waals surface area contributed by atoms with Gasteiger partial charge in [0, 0.05) is 36.8 Å². The molecule has 0 saturated carbocycles. The number of furan rings is 1. The summed E-state index contributed by atoms with van der Waals surface area (Å²) < 4.78 is 20.4. The minimum absolute atomic E-state index is 0.0316. The van der Waals surface area contributed by atoms with E-state index in [9.17, 15) is 14.0 Å². The van der Waals surface area contributed by atoms with Gasteiger partial charge in [0.05, 0.1) is 28.6 Å². The lowest BCUT2D eigenvalue weighted by Crippen LogP contribution is -2.61. The van der Waals surface area contributed by atoms with Crippen molar-refractivity contribution in [3.8, 4) is 11.3 Å². The average molecular weight is 566 g/mol. The van der Waals surface area contributed by atoms with Gasteiger partial charge < -0.3 is 19.3 Å². The molecule has 1 N–H and O–H groups in total. The molecule has 0 bridgehead atoms. The molecule has 40 heavy (non-hydrogen) atoms. The van der Waals surface area contributed by atoms with Gasteiger partial charge in [-0.2, -0.15) is 0 Å². The maximum atomic E-state index is 14.2. The molecule has 5 rings (SSSR count). The van der Waals surface area contributed by atoms with Gasteiger partial charge in [-0.1, -0.05) is 38.4 Å². The zero-order valence-corrected chi connectivity index (χ0v) is 23.6. The molecule has 11 heteroatoms. The molecule has 1 aliphatic rings. The van der Waals surface area contributed by atoms with E-state index in [1.54, 1.807) is 17.0 Å². The van der Waals surface area contributed by atoms with Gasteiger partial charge in [0.25, 0.3) is 5.91 Å². The summed E-state index contributed by atoms with van der Waals surface area (Å²) in [7, 11) is 0. The Morgan fingerprint density at radius 2 is 1.85 bits per heavy atom. The van der Waals surface area contributed by atoms with Gasteiger partial charge >= 0.3 is 5.97 Å². The number of aromatic carboxylic acids is 1. The molecule has 1 saturated heterocycles. The molecule has 1 aromatic carbocycles. The van der Waals surface area contributed by atoms with Gasteiger partial charge in [-0.15, -0.1) is 0 Å². The van der Waals surface area contributed by atoms with Crippen molar-refractivity contribution in [3.05, 3.63) is 70.6 Å². The van der Waals surface area contributed by atoms with Crippen molar-refractivity contribution < 1.29 is 23.5 Å². The number of carbonyl (C=O) groups excluding carboxylic acids is 1. The van der Waals surface area contributed by atoms with Crippen LogP contribution in [0.3, 0.4) is 0 Å². The van der Waals surface area contributed by atoms with E-state index >= 15 is 0 Å². The van der Waals surface area contributed by atoms with E-state index in [-0.39, 0.29) is 27.8 Å². The maximum absolute atomic E-state index is 14.2. The van der Waals surface area contributed by atoms with E-state index in [0.29, 0.717) is 47.8 Å². The SMILES string of the molecule is CC(C)(C)c1cc(-c2ccc(Cl)c(F)c2)nc2cc(C(=O)N3CCN(c4cnc(C(=O)O)cn4)CC3(C)C)oc12. The molecule has 0 atom stereocenters. The van der Waals surface area contributed by atoms with Crippen molar-refractivity contribution >= 4 is 40.4 Å². The Morgan fingerprint density at radius 1 is 1.10 bits per heavy atom. The minimum atomic E-state index is -1.14. The number of carbonyl (C=O) groups is 2. The highest BCUT2D eigenvalue weighted by Crippen LogP contribution is 2.36. The molecule has 1 amide bonds. The summed E-state index contributed by atoms with van der Waals surface area (Å²) in [6, 6.07) is 8.05. The number of piperazine rings is 1. The molecular weight excluding hydrogens is 537 g/mol. The third kappa shape index (κ3) is 5.11. The van der Waals surface area contributed by atoms with Crippen LogP contribution in [0, 0.1) is 5.82 Å². The Balaban J connectivity index is 1.46. The average Bonchev–Trinajstić information content (AvgIpc) is 3.32. The van der Waals surface area contributed by atoms with Crippen LogP contribution in [0.15, 0.2) is 47.1 Å². The second-order valence-electron chi connectivity index (χ2n) is 11.5. The van der Waals surface area contributed by atoms with Gasteiger partial charge in [0.2, 0.25) is 0 Å². The zero-order chi connectivity index (χ0) is 29.0. The van der Waals surface area contributed by atoms with Crippen molar-refractivity contribution in [2.24, 2.45) is 0 Å². The molecule has 0 spiro atoms. The van der Waals surface area contributed by atoms with Crippen LogP contribution in [0.2, 0.25) is 5.02 Å². The molecule has 3 aromatic heterocycles. The fourth-order valence-electron chi connectivity index (χ4n) is 4.94. The number of hydrogen-bond donors (Lipinski definition) is 1. The number of carboxylic acid groups (broad SMARTS) is 1. The van der Waals surface area contributed by atoms with E-state index in [0.717, 1.165) is 5.56 Å². The molecule has 9 nitrogen and oxygen atoms in total. The molecule has 4 heterocycles. The van der Waals surface area contributed by atoms with Gasteiger partial charge in [-0.25, -0.2) is 24.1 Å². The number of benzene rings is 1. The highest BCUT2D eigenvalue weighted by atomic mass is 35.5. The lowest BCUT2D eigenvalue weighted by atomic mass is 9.86. The highest BCUT2D eigenvalue weighted by molar-refractivity contribution is 6.30. The van der Waals surface area contributed by atoms with Crippen LogP contribution in [0.4, 0.5) is 10.2 Å². The maximum Gasteiger partial charge on any atom is 0.356 e. The number of aromatic nitrogens is 3. The smallest absolute Gasteiger partial charge is 0.356 e. The fraction of sp³-hybridized carbons (Fsp3) is 0.345. The van der Waals surface area contributed by atoms with Crippen molar-refractivity contribution in [2.45, 2.75) is 45.6 Å². The first-order valence-corrected chi connectivity index (χ1v) is 13.1. The summed E-state index contributed by atoms with van der Waals surface area (Å²) in [5.74, 6) is -1.24. The van der Waals surface area contributed by atoms with Gasteiger partial charge in [-0.05, 0) is 37.5 Å². The van der Waals surface area contributed by atoms with Crippen LogP contribution < -0.4 is 4.90 Å². The first-order chi connectivity index (χ1) is 18.7. The molecule has 1 fully saturated rings. The molecule has 208 valence electrons. The summed E-state index contributed by atoms with van der Waals surface area (Å²) in [6.07, 6.45) is 2.66. The van der Waals surface area contributed by atoms with Crippen molar-refractivity contribution in [3.63, 3.8) is 0 Å². The summed E-state index contributed by atoms with van der Waals surface area (Å²) in [5.41, 5.74) is 1.90. The number of hydrogen-bond acceptors (Lipinski definition) is 7. The van der Waals surface area contributed by atoms with Crippen LogP contribution in [0.5, 0.6) is 0 Å². The van der Waals surface area contributed by atoms with Crippen molar-refractivity contribution in [2.75, 3.05) is 24.5 Å². The molecular formula is C29H29ClFN5O4. The standard InChI is InChI=1S/C29H29ClFN5O4/c1-28(2,3)17-11-20(16-6-7-18(30)19(31)10-16)34-21-12-23(40-25(17)21)26(37)36-9-8-35(15-29(36,4)5)24-14-32-22(13-33-24)27(38)39/h6-7,10-14H,8-9,15H2,1-5H3,(H,38,39). The summed E-state index contributed by atoms with van der Waals surface area (Å²) >= 11 is 5.88. The highest BCUT2D eigenvalue weighted by Gasteiger charge is 2.39. The van der Waals surface area contributed by atoms with E-state index in [4.69, 9.17) is 26.1 Å². The summed E-state index contributed by atoms with van der Waals surface area (Å²) in [6.45, 7) is 11.3. The number of amides is 1. The number of pyridine rings is 1. The largest absolute Gasteiger partial charge is 0.476 e.